The molecule has 2 aromatic carbocycles. The van der Waals surface area contributed by atoms with Crippen LogP contribution < -0.4 is 5.32 Å². The van der Waals surface area contributed by atoms with Crippen LogP contribution in [0, 0.1) is 0 Å². The van der Waals surface area contributed by atoms with E-state index in [1.165, 1.54) is 11.8 Å². The quantitative estimate of drug-likeness (QED) is 0.938. The van der Waals surface area contributed by atoms with Gasteiger partial charge in [-0.3, -0.25) is 9.59 Å². The highest BCUT2D eigenvalue weighted by Crippen LogP contribution is 2.32. The summed E-state index contributed by atoms with van der Waals surface area (Å²) in [6.07, 6.45) is 0. The van der Waals surface area contributed by atoms with Crippen LogP contribution in [0.2, 0.25) is 0 Å². The molecule has 1 atom stereocenters. The van der Waals surface area contributed by atoms with Crippen LogP contribution in [0.3, 0.4) is 0 Å². The number of carbonyl (C=O) groups is 2. The fourth-order valence-electron chi connectivity index (χ4n) is 2.55. The molecule has 23 heavy (non-hydrogen) atoms. The average molecular weight is 326 g/mol. The molecule has 1 heterocycles. The molecule has 1 N–H and O–H groups in total. The molecule has 1 unspecified atom stereocenters. The lowest BCUT2D eigenvalue weighted by atomic mass is 10.1. The molecule has 0 radical (unpaired) electrons. The molecule has 2 amide bonds. The molecule has 3 rings (SSSR count). The van der Waals surface area contributed by atoms with Crippen molar-refractivity contribution in [3.05, 3.63) is 59.7 Å². The fraction of sp³-hybridized carbons (Fsp3) is 0.222. The first-order valence-corrected chi connectivity index (χ1v) is 8.43. The van der Waals surface area contributed by atoms with Gasteiger partial charge in [0.1, 0.15) is 0 Å². The number of hydrogen-bond donors (Lipinski definition) is 1. The molecule has 0 saturated carbocycles. The molecule has 118 valence electrons. The van der Waals surface area contributed by atoms with Crippen molar-refractivity contribution in [1.82, 2.24) is 4.90 Å². The van der Waals surface area contributed by atoms with Gasteiger partial charge in [-0.1, -0.05) is 30.3 Å². The Morgan fingerprint density at radius 3 is 2.70 bits per heavy atom. The number of nitrogens with one attached hydrogen (secondary N) is 1. The van der Waals surface area contributed by atoms with E-state index in [1.807, 2.05) is 49.4 Å². The molecule has 1 aliphatic rings. The largest absolute Gasteiger partial charge is 0.335 e. The van der Waals surface area contributed by atoms with Crippen LogP contribution in [0.25, 0.3) is 0 Å². The van der Waals surface area contributed by atoms with E-state index >= 15 is 0 Å². The third-order valence-corrected chi connectivity index (χ3v) is 5.12. The summed E-state index contributed by atoms with van der Waals surface area (Å²) >= 11 is 1.49. The van der Waals surface area contributed by atoms with Crippen molar-refractivity contribution in [2.45, 2.75) is 17.9 Å². The second-order valence-corrected chi connectivity index (χ2v) is 6.57. The molecule has 0 fully saturated rings. The normalized spacial score (nSPS) is 14.6. The number of fused-ring (bicyclic) bond motifs is 1. The van der Waals surface area contributed by atoms with E-state index in [9.17, 15) is 9.59 Å². The van der Waals surface area contributed by atoms with Crippen LogP contribution in [-0.4, -0.2) is 29.5 Å². The Morgan fingerprint density at radius 2 is 1.96 bits per heavy atom. The summed E-state index contributed by atoms with van der Waals surface area (Å²) in [6, 6.07) is 15.4. The Bertz CT molecular complexity index is 746. The van der Waals surface area contributed by atoms with E-state index in [2.05, 4.69) is 5.32 Å². The third-order valence-electron chi connectivity index (χ3n) is 4.04. The van der Waals surface area contributed by atoms with Gasteiger partial charge in [0, 0.05) is 17.5 Å². The van der Waals surface area contributed by atoms with Crippen molar-refractivity contribution < 1.29 is 9.59 Å². The van der Waals surface area contributed by atoms with Crippen molar-refractivity contribution in [3.8, 4) is 0 Å². The van der Waals surface area contributed by atoms with Gasteiger partial charge in [-0.25, -0.2) is 0 Å². The Kier molecular flexibility index (Phi) is 4.39. The lowest BCUT2D eigenvalue weighted by molar-refractivity contribution is -0.113. The summed E-state index contributed by atoms with van der Waals surface area (Å²) in [6.45, 7) is 2.00. The number of rotatable bonds is 3. The summed E-state index contributed by atoms with van der Waals surface area (Å²) in [5, 5.41) is 2.82. The van der Waals surface area contributed by atoms with Gasteiger partial charge in [-0.05, 0) is 30.7 Å². The fourth-order valence-corrected chi connectivity index (χ4v) is 3.34. The average Bonchev–Trinajstić information content (AvgIpc) is 2.59. The summed E-state index contributed by atoms with van der Waals surface area (Å²) < 4.78 is 0. The van der Waals surface area contributed by atoms with E-state index in [1.54, 1.807) is 18.0 Å². The number of hydrogen-bond acceptors (Lipinski definition) is 3. The molecule has 0 spiro atoms. The zero-order valence-electron chi connectivity index (χ0n) is 13.1. The predicted octanol–water partition coefficient (Wildman–Crippen LogP) is 3.56. The highest BCUT2D eigenvalue weighted by atomic mass is 32.2. The first kappa shape index (κ1) is 15.6. The first-order valence-electron chi connectivity index (χ1n) is 7.45. The predicted molar refractivity (Wildman–Crippen MR) is 92.7 cm³/mol. The van der Waals surface area contributed by atoms with Gasteiger partial charge < -0.3 is 10.2 Å². The smallest absolute Gasteiger partial charge is 0.254 e. The van der Waals surface area contributed by atoms with E-state index in [0.717, 1.165) is 16.1 Å². The zero-order valence-corrected chi connectivity index (χ0v) is 13.9. The van der Waals surface area contributed by atoms with Gasteiger partial charge in [0.15, 0.2) is 0 Å². The zero-order chi connectivity index (χ0) is 16.4. The highest BCUT2D eigenvalue weighted by Gasteiger charge is 2.21. The molecular weight excluding hydrogens is 308 g/mol. The number of benzene rings is 2. The molecule has 0 aliphatic carbocycles. The second-order valence-electron chi connectivity index (χ2n) is 5.55. The van der Waals surface area contributed by atoms with Crippen LogP contribution in [-0.2, 0) is 4.79 Å². The summed E-state index contributed by atoms with van der Waals surface area (Å²) in [4.78, 5) is 27.0. The van der Waals surface area contributed by atoms with Gasteiger partial charge in [0.25, 0.3) is 5.91 Å². The standard InChI is InChI=1S/C18H18N2O2S/c1-12(13-6-4-3-5-7-13)20(2)18(22)14-8-9-16-15(10-14)19-17(21)11-23-16/h3-10,12H,11H2,1-2H3,(H,19,21). The summed E-state index contributed by atoms with van der Waals surface area (Å²) in [5.74, 6) is 0.331. The Balaban J connectivity index is 1.82. The highest BCUT2D eigenvalue weighted by molar-refractivity contribution is 8.00. The summed E-state index contributed by atoms with van der Waals surface area (Å²) in [5.41, 5.74) is 2.39. The minimum absolute atomic E-state index is 0.0244. The Hall–Kier alpha value is -2.27. The van der Waals surface area contributed by atoms with Crippen molar-refractivity contribution in [2.75, 3.05) is 18.1 Å². The molecule has 0 aromatic heterocycles. The van der Waals surface area contributed by atoms with Gasteiger partial charge in [-0.15, -0.1) is 11.8 Å². The van der Waals surface area contributed by atoms with Gasteiger partial charge in [0.2, 0.25) is 5.91 Å². The van der Waals surface area contributed by atoms with Crippen LogP contribution in [0.1, 0.15) is 28.9 Å². The Morgan fingerprint density at radius 1 is 1.22 bits per heavy atom. The van der Waals surface area contributed by atoms with E-state index in [-0.39, 0.29) is 17.9 Å². The van der Waals surface area contributed by atoms with Crippen molar-refractivity contribution in [3.63, 3.8) is 0 Å². The van der Waals surface area contributed by atoms with E-state index < -0.39 is 0 Å². The van der Waals surface area contributed by atoms with E-state index in [4.69, 9.17) is 0 Å². The van der Waals surface area contributed by atoms with Gasteiger partial charge in [-0.2, -0.15) is 0 Å². The maximum absolute atomic E-state index is 12.7. The number of anilines is 1. The molecular formula is C18H18N2O2S. The second kappa shape index (κ2) is 6.46. The van der Waals surface area contributed by atoms with Gasteiger partial charge >= 0.3 is 0 Å². The van der Waals surface area contributed by atoms with Crippen molar-refractivity contribution >= 4 is 29.3 Å². The molecule has 4 nitrogen and oxygen atoms in total. The van der Waals surface area contributed by atoms with Gasteiger partial charge in [0.05, 0.1) is 17.5 Å². The lowest BCUT2D eigenvalue weighted by Gasteiger charge is -2.26. The van der Waals surface area contributed by atoms with Crippen molar-refractivity contribution in [2.24, 2.45) is 0 Å². The van der Waals surface area contributed by atoms with Crippen LogP contribution in [0.15, 0.2) is 53.4 Å². The maximum atomic E-state index is 12.7. The van der Waals surface area contributed by atoms with Crippen molar-refractivity contribution in [1.29, 1.82) is 0 Å². The molecule has 0 bridgehead atoms. The topological polar surface area (TPSA) is 49.4 Å². The third kappa shape index (κ3) is 3.24. The number of thioether (sulfide) groups is 1. The first-order chi connectivity index (χ1) is 11.1. The summed E-state index contributed by atoms with van der Waals surface area (Å²) in [7, 11) is 1.80. The molecule has 5 heteroatoms. The van der Waals surface area contributed by atoms with Crippen LogP contribution in [0.4, 0.5) is 5.69 Å². The van der Waals surface area contributed by atoms with Crippen LogP contribution in [0.5, 0.6) is 0 Å². The lowest BCUT2D eigenvalue weighted by Crippen LogP contribution is -2.30. The number of carbonyl (C=O) groups excluding carboxylic acids is 2. The monoisotopic (exact) mass is 326 g/mol. The number of amides is 2. The maximum Gasteiger partial charge on any atom is 0.254 e. The van der Waals surface area contributed by atoms with E-state index in [0.29, 0.717) is 11.3 Å². The Labute approximate surface area is 139 Å². The SMILES string of the molecule is CC(c1ccccc1)N(C)C(=O)c1ccc2c(c1)NC(=O)CS2. The van der Waals surface area contributed by atoms with Crippen LogP contribution >= 0.6 is 11.8 Å². The molecule has 0 saturated heterocycles. The molecule has 1 aliphatic heterocycles. The number of nitrogens with zero attached hydrogens (tertiary/aromatic N) is 1. The minimum atomic E-state index is -0.0611. The minimum Gasteiger partial charge on any atom is -0.335 e. The molecule has 2 aromatic rings.